The average molecular weight is 469 g/mol. The molecule has 180 valence electrons. The molecule has 4 heteroatoms. The first kappa shape index (κ1) is 27.4. The third-order valence-corrected chi connectivity index (χ3v) is 6.99. The fourth-order valence-electron chi connectivity index (χ4n) is 4.38. The third kappa shape index (κ3) is 9.49. The highest BCUT2D eigenvalue weighted by molar-refractivity contribution is 6.31. The Morgan fingerprint density at radius 2 is 1.91 bits per heavy atom. The van der Waals surface area contributed by atoms with Crippen LogP contribution >= 0.6 is 11.6 Å². The minimum Gasteiger partial charge on any atom is -0.381 e. The summed E-state index contributed by atoms with van der Waals surface area (Å²) in [6, 6.07) is 15.8. The van der Waals surface area contributed by atoms with E-state index in [9.17, 15) is 0 Å². The third-order valence-electron chi connectivity index (χ3n) is 6.68. The maximum atomic E-state index is 8.47. The monoisotopic (exact) mass is 468 g/mol. The van der Waals surface area contributed by atoms with Crippen LogP contribution < -0.4 is 0 Å². The molecule has 0 bridgehead atoms. The molecular formula is C29H41ClN2O. The molecule has 2 heterocycles. The molecule has 0 spiro atoms. The summed E-state index contributed by atoms with van der Waals surface area (Å²) in [5.74, 6) is 2.62. The van der Waals surface area contributed by atoms with Gasteiger partial charge in [-0.05, 0) is 86.2 Å². The number of nitriles is 1. The van der Waals surface area contributed by atoms with E-state index < -0.39 is 0 Å². The largest absolute Gasteiger partial charge is 0.381 e. The van der Waals surface area contributed by atoms with Gasteiger partial charge in [-0.15, -0.1) is 0 Å². The van der Waals surface area contributed by atoms with E-state index in [1.54, 1.807) is 12.1 Å². The molecule has 2 aromatic rings. The predicted molar refractivity (Wildman–Crippen MR) is 140 cm³/mol. The second kappa shape index (κ2) is 14.4. The number of benzene rings is 2. The fourth-order valence-corrected chi connectivity index (χ4v) is 4.66. The highest BCUT2D eigenvalue weighted by Gasteiger charge is 2.27. The minimum absolute atomic E-state index is 0.530. The number of nitrogens with zero attached hydrogens (tertiary/aromatic N) is 2. The van der Waals surface area contributed by atoms with Crippen LogP contribution in [-0.4, -0.2) is 37.7 Å². The zero-order chi connectivity index (χ0) is 24.2. The van der Waals surface area contributed by atoms with Crippen molar-refractivity contribution in [2.75, 3.05) is 32.8 Å². The van der Waals surface area contributed by atoms with E-state index in [1.807, 2.05) is 19.1 Å². The van der Waals surface area contributed by atoms with E-state index in [1.165, 1.54) is 43.6 Å². The molecule has 3 nitrogen and oxygen atoms in total. The fraction of sp³-hybridized carbons (Fsp3) is 0.552. The van der Waals surface area contributed by atoms with Crippen LogP contribution in [0.4, 0.5) is 0 Å². The summed E-state index contributed by atoms with van der Waals surface area (Å²) in [5, 5.41) is 9.00. The number of hydrogen-bond donors (Lipinski definition) is 0. The Kier molecular flexibility index (Phi) is 12.0. The van der Waals surface area contributed by atoms with Crippen molar-refractivity contribution in [2.24, 2.45) is 17.8 Å². The van der Waals surface area contributed by atoms with Crippen molar-refractivity contribution >= 4 is 11.6 Å². The molecule has 0 amide bonds. The van der Waals surface area contributed by atoms with Crippen LogP contribution in [-0.2, 0) is 11.2 Å². The Bertz CT molecular complexity index is 883. The van der Waals surface area contributed by atoms with Crippen LogP contribution in [0.5, 0.6) is 0 Å². The Morgan fingerprint density at radius 1 is 1.15 bits per heavy atom. The van der Waals surface area contributed by atoms with Crippen LogP contribution in [0.15, 0.2) is 42.5 Å². The standard InChI is InChI=1S/C12H23NO.C9H12.C8H6ClN/c1-10(2)12-3-5-13(8-12)7-11-4-6-14-9-11;1-3-9-7-5-4-6-8(9)2;1-6-2-3-7(5-10)8(9)4-6/h10-12H,3-9H2,1-2H3;4-7H,3H2,1-2H3;2-4H,1H3. The van der Waals surface area contributed by atoms with Gasteiger partial charge < -0.3 is 9.64 Å². The van der Waals surface area contributed by atoms with Crippen molar-refractivity contribution in [1.29, 1.82) is 5.26 Å². The van der Waals surface area contributed by atoms with Gasteiger partial charge in [-0.1, -0.05) is 62.7 Å². The summed E-state index contributed by atoms with van der Waals surface area (Å²) in [7, 11) is 0. The molecule has 0 radical (unpaired) electrons. The smallest absolute Gasteiger partial charge is 0.101 e. The van der Waals surface area contributed by atoms with Gasteiger partial charge in [-0.25, -0.2) is 0 Å². The van der Waals surface area contributed by atoms with Crippen molar-refractivity contribution in [2.45, 2.75) is 53.9 Å². The number of hydrogen-bond acceptors (Lipinski definition) is 3. The van der Waals surface area contributed by atoms with Gasteiger partial charge in [0.1, 0.15) is 6.07 Å². The van der Waals surface area contributed by atoms with Crippen LogP contribution in [0.25, 0.3) is 0 Å². The molecule has 2 fully saturated rings. The molecule has 2 saturated heterocycles. The summed E-state index contributed by atoms with van der Waals surface area (Å²) in [4.78, 5) is 2.64. The molecule has 2 aliphatic heterocycles. The van der Waals surface area contributed by atoms with Gasteiger partial charge in [0.2, 0.25) is 0 Å². The van der Waals surface area contributed by atoms with E-state index >= 15 is 0 Å². The lowest BCUT2D eigenvalue weighted by Gasteiger charge is -2.20. The first-order valence-corrected chi connectivity index (χ1v) is 12.7. The molecule has 33 heavy (non-hydrogen) atoms. The van der Waals surface area contributed by atoms with Gasteiger partial charge in [0, 0.05) is 19.7 Å². The Labute approximate surface area is 206 Å². The predicted octanol–water partition coefficient (Wildman–Crippen LogP) is 7.08. The first-order chi connectivity index (χ1) is 15.8. The van der Waals surface area contributed by atoms with Crippen molar-refractivity contribution in [1.82, 2.24) is 4.90 Å². The lowest BCUT2D eigenvalue weighted by Crippen LogP contribution is -2.28. The number of likely N-dealkylation sites (tertiary alicyclic amines) is 1. The average Bonchev–Trinajstić information content (AvgIpc) is 3.48. The number of aryl methyl sites for hydroxylation is 3. The number of ether oxygens (including phenoxy) is 1. The molecule has 0 saturated carbocycles. The minimum atomic E-state index is 0.530. The Morgan fingerprint density at radius 3 is 2.42 bits per heavy atom. The highest BCUT2D eigenvalue weighted by atomic mass is 35.5. The summed E-state index contributed by atoms with van der Waals surface area (Å²) in [6.07, 6.45) is 3.83. The van der Waals surface area contributed by atoms with Crippen LogP contribution in [0, 0.1) is 42.9 Å². The van der Waals surface area contributed by atoms with Crippen LogP contribution in [0.2, 0.25) is 5.02 Å². The first-order valence-electron chi connectivity index (χ1n) is 12.3. The topological polar surface area (TPSA) is 36.3 Å². The maximum Gasteiger partial charge on any atom is 0.101 e. The zero-order valence-corrected chi connectivity index (χ0v) is 21.9. The van der Waals surface area contributed by atoms with Gasteiger partial charge in [0.15, 0.2) is 0 Å². The maximum absolute atomic E-state index is 8.47. The second-order valence-electron chi connectivity index (χ2n) is 9.66. The van der Waals surface area contributed by atoms with E-state index in [-0.39, 0.29) is 0 Å². The van der Waals surface area contributed by atoms with E-state index in [0.29, 0.717) is 10.6 Å². The molecule has 0 N–H and O–H groups in total. The molecule has 0 aliphatic carbocycles. The highest BCUT2D eigenvalue weighted by Crippen LogP contribution is 2.25. The number of rotatable bonds is 4. The van der Waals surface area contributed by atoms with E-state index in [2.05, 4.69) is 56.9 Å². The molecule has 2 aliphatic rings. The van der Waals surface area contributed by atoms with Crippen molar-refractivity contribution in [3.63, 3.8) is 0 Å². The summed E-state index contributed by atoms with van der Waals surface area (Å²) < 4.78 is 5.41. The van der Waals surface area contributed by atoms with Gasteiger partial charge in [0.05, 0.1) is 17.2 Å². The number of halogens is 1. The Hall–Kier alpha value is -1.86. The van der Waals surface area contributed by atoms with Crippen LogP contribution in [0.3, 0.4) is 0 Å². The van der Waals surface area contributed by atoms with Gasteiger partial charge >= 0.3 is 0 Å². The quantitative estimate of drug-likeness (QED) is 0.481. The van der Waals surface area contributed by atoms with E-state index in [0.717, 1.165) is 43.0 Å². The van der Waals surface area contributed by atoms with Gasteiger partial charge in [-0.2, -0.15) is 5.26 Å². The molecule has 0 aromatic heterocycles. The van der Waals surface area contributed by atoms with Crippen LogP contribution in [0.1, 0.15) is 55.9 Å². The normalized spacial score (nSPS) is 19.9. The summed E-state index contributed by atoms with van der Waals surface area (Å²) in [6.45, 7) is 16.9. The summed E-state index contributed by atoms with van der Waals surface area (Å²) in [5.41, 5.74) is 4.47. The van der Waals surface area contributed by atoms with Crippen molar-refractivity contribution in [3.05, 3.63) is 69.7 Å². The van der Waals surface area contributed by atoms with Crippen molar-refractivity contribution in [3.8, 4) is 6.07 Å². The lowest BCUT2D eigenvalue weighted by molar-refractivity contribution is 0.172. The molecule has 2 unspecified atom stereocenters. The van der Waals surface area contributed by atoms with Gasteiger partial charge in [-0.3, -0.25) is 0 Å². The SMILES string of the molecule is CC(C)C1CCN(CC2CCOC2)C1.CCc1ccccc1C.Cc1ccc(C#N)c(Cl)c1. The zero-order valence-electron chi connectivity index (χ0n) is 21.1. The summed E-state index contributed by atoms with van der Waals surface area (Å²) >= 11 is 5.71. The van der Waals surface area contributed by atoms with E-state index in [4.69, 9.17) is 21.6 Å². The van der Waals surface area contributed by atoms with Gasteiger partial charge in [0.25, 0.3) is 0 Å². The Balaban J connectivity index is 0.000000181. The second-order valence-corrected chi connectivity index (χ2v) is 10.1. The lowest BCUT2D eigenvalue weighted by atomic mass is 9.95. The molecular weight excluding hydrogens is 428 g/mol. The molecule has 2 atom stereocenters. The molecule has 4 rings (SSSR count). The molecule has 2 aromatic carbocycles. The van der Waals surface area contributed by atoms with Crippen molar-refractivity contribution < 1.29 is 4.74 Å².